The van der Waals surface area contributed by atoms with Crippen molar-refractivity contribution in [1.29, 1.82) is 5.26 Å². The van der Waals surface area contributed by atoms with Gasteiger partial charge in [-0.3, -0.25) is 0 Å². The second-order valence-corrected chi connectivity index (χ2v) is 3.63. The Morgan fingerprint density at radius 1 is 1.35 bits per heavy atom. The van der Waals surface area contributed by atoms with Crippen LogP contribution in [-0.2, 0) is 4.74 Å². The number of rotatable bonds is 6. The molecule has 1 rings (SSSR count). The summed E-state index contributed by atoms with van der Waals surface area (Å²) in [4.78, 5) is 0. The van der Waals surface area contributed by atoms with Crippen LogP contribution >= 0.6 is 0 Å². The van der Waals surface area contributed by atoms with E-state index in [-0.39, 0.29) is 0 Å². The van der Waals surface area contributed by atoms with Gasteiger partial charge in [-0.05, 0) is 30.2 Å². The highest BCUT2D eigenvalue weighted by molar-refractivity contribution is 5.57. The maximum absolute atomic E-state index is 8.87. The molecule has 0 aliphatic heterocycles. The van der Waals surface area contributed by atoms with E-state index in [1.807, 2.05) is 30.3 Å². The topological polar surface area (TPSA) is 42.2 Å². The summed E-state index contributed by atoms with van der Waals surface area (Å²) in [7, 11) is 1.58. The van der Waals surface area contributed by atoms with E-state index >= 15 is 0 Å². The molecule has 0 unspecified atom stereocenters. The highest BCUT2D eigenvalue weighted by Gasteiger charge is 1.97. The van der Waals surface area contributed by atoms with Crippen LogP contribution in [-0.4, -0.2) is 20.3 Å². The normalized spacial score (nSPS) is 11.0. The van der Waals surface area contributed by atoms with Crippen LogP contribution in [0.2, 0.25) is 0 Å². The Hall–Kier alpha value is -1.79. The molecule has 0 bridgehead atoms. The van der Waals surface area contributed by atoms with E-state index in [4.69, 9.17) is 14.7 Å². The molecular weight excluding hydrogens is 214 g/mol. The zero-order chi connectivity index (χ0) is 12.5. The van der Waals surface area contributed by atoms with E-state index in [1.165, 1.54) is 0 Å². The van der Waals surface area contributed by atoms with Gasteiger partial charge in [0.2, 0.25) is 0 Å². The molecule has 90 valence electrons. The summed E-state index contributed by atoms with van der Waals surface area (Å²) in [5, 5.41) is 8.87. The zero-order valence-electron chi connectivity index (χ0n) is 10.3. The van der Waals surface area contributed by atoms with Gasteiger partial charge in [-0.2, -0.15) is 5.26 Å². The smallest absolute Gasteiger partial charge is 0.119 e. The van der Waals surface area contributed by atoms with Gasteiger partial charge in [-0.15, -0.1) is 0 Å². The molecule has 3 nitrogen and oxygen atoms in total. The van der Waals surface area contributed by atoms with E-state index in [1.54, 1.807) is 7.11 Å². The van der Waals surface area contributed by atoms with Gasteiger partial charge in [0.25, 0.3) is 0 Å². The SMILES string of the molecule is CCCOc1ccc(C=C(C#N)COC)cc1. The molecule has 0 atom stereocenters. The van der Waals surface area contributed by atoms with Gasteiger partial charge in [0.15, 0.2) is 0 Å². The molecule has 0 N–H and O–H groups in total. The number of benzene rings is 1. The van der Waals surface area contributed by atoms with Crippen molar-refractivity contribution in [3.05, 3.63) is 35.4 Å². The first-order chi connectivity index (χ1) is 8.30. The quantitative estimate of drug-likeness (QED) is 0.707. The average molecular weight is 231 g/mol. The molecule has 17 heavy (non-hydrogen) atoms. The highest BCUT2D eigenvalue weighted by Crippen LogP contribution is 2.14. The molecule has 0 heterocycles. The monoisotopic (exact) mass is 231 g/mol. The number of nitriles is 1. The molecule has 1 aromatic rings. The summed E-state index contributed by atoms with van der Waals surface area (Å²) >= 11 is 0. The van der Waals surface area contributed by atoms with E-state index in [9.17, 15) is 0 Å². The molecule has 0 saturated carbocycles. The maximum Gasteiger partial charge on any atom is 0.119 e. The Morgan fingerprint density at radius 2 is 2.06 bits per heavy atom. The van der Waals surface area contributed by atoms with Gasteiger partial charge in [0.1, 0.15) is 5.75 Å². The number of nitrogens with zero attached hydrogens (tertiary/aromatic N) is 1. The molecule has 1 aromatic carbocycles. The summed E-state index contributed by atoms with van der Waals surface area (Å²) in [5.41, 5.74) is 1.58. The lowest BCUT2D eigenvalue weighted by Gasteiger charge is -2.04. The van der Waals surface area contributed by atoms with Crippen molar-refractivity contribution in [2.24, 2.45) is 0 Å². The van der Waals surface area contributed by atoms with E-state index < -0.39 is 0 Å². The van der Waals surface area contributed by atoms with Gasteiger partial charge in [0, 0.05) is 7.11 Å². The molecule has 0 fully saturated rings. The van der Waals surface area contributed by atoms with Gasteiger partial charge < -0.3 is 9.47 Å². The number of methoxy groups -OCH3 is 1. The summed E-state index contributed by atoms with van der Waals surface area (Å²) in [6.45, 7) is 3.13. The fraction of sp³-hybridized carbons (Fsp3) is 0.357. The lowest BCUT2D eigenvalue weighted by atomic mass is 10.1. The molecule has 0 aromatic heterocycles. The summed E-state index contributed by atoms with van der Waals surface area (Å²) in [6, 6.07) is 9.77. The van der Waals surface area contributed by atoms with E-state index in [0.717, 1.165) is 24.3 Å². The van der Waals surface area contributed by atoms with Crippen molar-refractivity contribution in [3.8, 4) is 11.8 Å². The Labute approximate surface area is 102 Å². The lowest BCUT2D eigenvalue weighted by molar-refractivity contribution is 0.229. The van der Waals surface area contributed by atoms with Gasteiger partial charge in [-0.1, -0.05) is 19.1 Å². The van der Waals surface area contributed by atoms with Gasteiger partial charge >= 0.3 is 0 Å². The minimum absolute atomic E-state index is 0.338. The second kappa shape index (κ2) is 7.48. The second-order valence-electron chi connectivity index (χ2n) is 3.63. The summed E-state index contributed by atoms with van der Waals surface area (Å²) in [5.74, 6) is 0.856. The minimum atomic E-state index is 0.338. The number of hydrogen-bond donors (Lipinski definition) is 0. The van der Waals surface area contributed by atoms with Crippen LogP contribution in [0.5, 0.6) is 5.75 Å². The van der Waals surface area contributed by atoms with Crippen LogP contribution < -0.4 is 4.74 Å². The highest BCUT2D eigenvalue weighted by atomic mass is 16.5. The van der Waals surface area contributed by atoms with Crippen molar-refractivity contribution >= 4 is 6.08 Å². The van der Waals surface area contributed by atoms with Gasteiger partial charge in [0.05, 0.1) is 24.9 Å². The molecular formula is C14H17NO2. The standard InChI is InChI=1S/C14H17NO2/c1-3-8-17-14-6-4-12(5-7-14)9-13(10-15)11-16-2/h4-7,9H,3,8,11H2,1-2H3. The molecule has 3 heteroatoms. The van der Waals surface area contributed by atoms with Crippen LogP contribution in [0, 0.1) is 11.3 Å². The fourth-order valence-electron chi connectivity index (χ4n) is 1.34. The van der Waals surface area contributed by atoms with Crippen LogP contribution in [0.4, 0.5) is 0 Å². The molecule has 0 spiro atoms. The van der Waals surface area contributed by atoms with Crippen LogP contribution in [0.3, 0.4) is 0 Å². The lowest BCUT2D eigenvalue weighted by Crippen LogP contribution is -1.94. The number of ether oxygens (including phenoxy) is 2. The summed E-state index contributed by atoms with van der Waals surface area (Å²) in [6.07, 6.45) is 2.81. The predicted molar refractivity (Wildman–Crippen MR) is 67.7 cm³/mol. The summed E-state index contributed by atoms with van der Waals surface area (Å²) < 4.78 is 10.4. The first-order valence-corrected chi connectivity index (χ1v) is 5.62. The maximum atomic E-state index is 8.87. The Morgan fingerprint density at radius 3 is 2.59 bits per heavy atom. The first-order valence-electron chi connectivity index (χ1n) is 5.62. The largest absolute Gasteiger partial charge is 0.494 e. The van der Waals surface area contributed by atoms with E-state index in [0.29, 0.717) is 12.2 Å². The van der Waals surface area contributed by atoms with Crippen LogP contribution in [0.1, 0.15) is 18.9 Å². The predicted octanol–water partition coefficient (Wildman–Crippen LogP) is 3.03. The van der Waals surface area contributed by atoms with Crippen LogP contribution in [0.25, 0.3) is 6.08 Å². The first kappa shape index (κ1) is 13.3. The fourth-order valence-corrected chi connectivity index (χ4v) is 1.34. The molecule has 0 radical (unpaired) electrons. The third-order valence-electron chi connectivity index (χ3n) is 2.14. The Bertz CT molecular complexity index is 401. The van der Waals surface area contributed by atoms with Crippen molar-refractivity contribution in [3.63, 3.8) is 0 Å². The van der Waals surface area contributed by atoms with Crippen molar-refractivity contribution in [2.75, 3.05) is 20.3 Å². The van der Waals surface area contributed by atoms with E-state index in [2.05, 4.69) is 13.0 Å². The van der Waals surface area contributed by atoms with Crippen molar-refractivity contribution in [2.45, 2.75) is 13.3 Å². The van der Waals surface area contributed by atoms with Crippen LogP contribution in [0.15, 0.2) is 29.8 Å². The Balaban J connectivity index is 2.70. The van der Waals surface area contributed by atoms with Gasteiger partial charge in [-0.25, -0.2) is 0 Å². The number of hydrogen-bond acceptors (Lipinski definition) is 3. The molecule has 0 saturated heterocycles. The van der Waals surface area contributed by atoms with Crippen molar-refractivity contribution in [1.82, 2.24) is 0 Å². The zero-order valence-corrected chi connectivity index (χ0v) is 10.3. The third-order valence-corrected chi connectivity index (χ3v) is 2.14. The third kappa shape index (κ3) is 4.71. The van der Waals surface area contributed by atoms with Crippen molar-refractivity contribution < 1.29 is 9.47 Å². The minimum Gasteiger partial charge on any atom is -0.494 e. The Kier molecular flexibility index (Phi) is 5.84. The molecule has 0 amide bonds. The molecule has 0 aliphatic rings. The molecule has 0 aliphatic carbocycles. The average Bonchev–Trinajstić information content (AvgIpc) is 2.37.